The van der Waals surface area contributed by atoms with E-state index in [0.29, 0.717) is 43.1 Å². The number of benzene rings is 2. The zero-order valence-corrected chi connectivity index (χ0v) is 16.0. The molecule has 1 saturated heterocycles. The number of nitrogens with zero attached hydrogens (tertiary/aromatic N) is 2. The van der Waals surface area contributed by atoms with Gasteiger partial charge in [-0.05, 0) is 42.3 Å². The van der Waals surface area contributed by atoms with Crippen LogP contribution in [-0.2, 0) is 6.42 Å². The summed E-state index contributed by atoms with van der Waals surface area (Å²) in [5.74, 6) is 0.678. The van der Waals surface area contributed by atoms with Gasteiger partial charge in [0.1, 0.15) is 5.75 Å². The standard InChI is InChI=1S/C22H26N2O3/c1-3-5-17-8-10-18(11-9-17)21(25)23-12-14-24(15-13-23)22(26)19-6-4-7-20(16-19)27-2/h4,6-11,16H,3,5,12-15H2,1-2H3. The van der Waals surface area contributed by atoms with E-state index in [9.17, 15) is 9.59 Å². The van der Waals surface area contributed by atoms with Gasteiger partial charge in [-0.15, -0.1) is 0 Å². The molecule has 142 valence electrons. The minimum atomic E-state index is -0.0232. The van der Waals surface area contributed by atoms with Crippen molar-refractivity contribution in [3.63, 3.8) is 0 Å². The highest BCUT2D eigenvalue weighted by atomic mass is 16.5. The third-order valence-corrected chi connectivity index (χ3v) is 4.91. The third kappa shape index (κ3) is 4.48. The van der Waals surface area contributed by atoms with Gasteiger partial charge >= 0.3 is 0 Å². The number of aryl methyl sites for hydroxylation is 1. The summed E-state index contributed by atoms with van der Waals surface area (Å²) >= 11 is 0. The fourth-order valence-electron chi connectivity index (χ4n) is 3.34. The second kappa shape index (κ2) is 8.71. The van der Waals surface area contributed by atoms with Gasteiger partial charge < -0.3 is 14.5 Å². The van der Waals surface area contributed by atoms with Crippen molar-refractivity contribution in [3.05, 3.63) is 65.2 Å². The van der Waals surface area contributed by atoms with Crippen LogP contribution < -0.4 is 4.74 Å². The number of rotatable bonds is 5. The number of piperazine rings is 1. The molecule has 0 unspecified atom stereocenters. The third-order valence-electron chi connectivity index (χ3n) is 4.91. The Kier molecular flexibility index (Phi) is 6.12. The predicted octanol–water partition coefficient (Wildman–Crippen LogP) is 3.25. The van der Waals surface area contributed by atoms with E-state index in [0.717, 1.165) is 12.8 Å². The van der Waals surface area contributed by atoms with Crippen LogP contribution in [-0.4, -0.2) is 54.9 Å². The fraction of sp³-hybridized carbons (Fsp3) is 0.364. The molecule has 1 heterocycles. The Labute approximate surface area is 160 Å². The van der Waals surface area contributed by atoms with Crippen LogP contribution >= 0.6 is 0 Å². The summed E-state index contributed by atoms with van der Waals surface area (Å²) in [7, 11) is 1.59. The van der Waals surface area contributed by atoms with E-state index in [-0.39, 0.29) is 11.8 Å². The summed E-state index contributed by atoms with van der Waals surface area (Å²) < 4.78 is 5.19. The molecule has 3 rings (SSSR count). The molecule has 27 heavy (non-hydrogen) atoms. The van der Waals surface area contributed by atoms with Crippen LogP contribution in [0.25, 0.3) is 0 Å². The molecule has 0 aromatic heterocycles. The van der Waals surface area contributed by atoms with E-state index in [1.165, 1.54) is 5.56 Å². The Bertz CT molecular complexity index is 793. The van der Waals surface area contributed by atoms with Gasteiger partial charge in [-0.1, -0.05) is 31.5 Å². The van der Waals surface area contributed by atoms with Gasteiger partial charge in [-0.3, -0.25) is 9.59 Å². The first-order valence-corrected chi connectivity index (χ1v) is 9.44. The Morgan fingerprint density at radius 2 is 1.48 bits per heavy atom. The van der Waals surface area contributed by atoms with Gasteiger partial charge in [0, 0.05) is 37.3 Å². The van der Waals surface area contributed by atoms with Crippen molar-refractivity contribution in [3.8, 4) is 5.75 Å². The van der Waals surface area contributed by atoms with E-state index < -0.39 is 0 Å². The van der Waals surface area contributed by atoms with Crippen LogP contribution in [0.2, 0.25) is 0 Å². The highest BCUT2D eigenvalue weighted by Gasteiger charge is 2.25. The SMILES string of the molecule is CCCc1ccc(C(=O)N2CCN(C(=O)c3cccc(OC)c3)CC2)cc1. The number of amides is 2. The molecule has 0 bridgehead atoms. The highest BCUT2D eigenvalue weighted by Crippen LogP contribution is 2.16. The smallest absolute Gasteiger partial charge is 0.254 e. The minimum absolute atomic E-state index is 0.0232. The Balaban J connectivity index is 1.59. The molecule has 1 fully saturated rings. The minimum Gasteiger partial charge on any atom is -0.497 e. The number of hydrogen-bond acceptors (Lipinski definition) is 3. The summed E-state index contributed by atoms with van der Waals surface area (Å²) in [5.41, 5.74) is 2.57. The number of methoxy groups -OCH3 is 1. The Hall–Kier alpha value is -2.82. The van der Waals surface area contributed by atoms with E-state index in [2.05, 4.69) is 6.92 Å². The lowest BCUT2D eigenvalue weighted by Crippen LogP contribution is -2.50. The van der Waals surface area contributed by atoms with Crippen molar-refractivity contribution in [1.82, 2.24) is 9.80 Å². The van der Waals surface area contributed by atoms with Crippen LogP contribution in [0.1, 0.15) is 39.6 Å². The van der Waals surface area contributed by atoms with Crippen molar-refractivity contribution >= 4 is 11.8 Å². The Morgan fingerprint density at radius 1 is 0.889 bits per heavy atom. The molecule has 5 nitrogen and oxygen atoms in total. The Morgan fingerprint density at radius 3 is 2.04 bits per heavy atom. The summed E-state index contributed by atoms with van der Waals surface area (Å²) in [6.07, 6.45) is 2.12. The van der Waals surface area contributed by atoms with Gasteiger partial charge in [0.2, 0.25) is 0 Å². The van der Waals surface area contributed by atoms with Crippen LogP contribution in [0.5, 0.6) is 5.75 Å². The summed E-state index contributed by atoms with van der Waals surface area (Å²) in [6.45, 7) is 4.31. The number of carbonyl (C=O) groups excluding carboxylic acids is 2. The maximum Gasteiger partial charge on any atom is 0.254 e. The lowest BCUT2D eigenvalue weighted by molar-refractivity contribution is 0.0535. The zero-order chi connectivity index (χ0) is 19.2. The molecular formula is C22H26N2O3. The van der Waals surface area contributed by atoms with E-state index in [1.54, 1.807) is 24.1 Å². The topological polar surface area (TPSA) is 49.9 Å². The van der Waals surface area contributed by atoms with Crippen LogP contribution in [0, 0.1) is 0 Å². The molecule has 0 aliphatic carbocycles. The van der Waals surface area contributed by atoms with Gasteiger partial charge in [-0.2, -0.15) is 0 Å². The summed E-state index contributed by atoms with van der Waals surface area (Å²) in [4.78, 5) is 29.0. The summed E-state index contributed by atoms with van der Waals surface area (Å²) in [5, 5.41) is 0. The van der Waals surface area contributed by atoms with Gasteiger partial charge in [0.05, 0.1) is 7.11 Å². The molecule has 1 aliphatic heterocycles. The molecule has 0 saturated carbocycles. The molecule has 5 heteroatoms. The lowest BCUT2D eigenvalue weighted by atomic mass is 10.1. The average Bonchev–Trinajstić information content (AvgIpc) is 2.73. The van der Waals surface area contributed by atoms with Crippen molar-refractivity contribution in [2.24, 2.45) is 0 Å². The van der Waals surface area contributed by atoms with Gasteiger partial charge in [0.15, 0.2) is 0 Å². The van der Waals surface area contributed by atoms with Gasteiger partial charge in [-0.25, -0.2) is 0 Å². The van der Waals surface area contributed by atoms with Crippen molar-refractivity contribution in [2.75, 3.05) is 33.3 Å². The molecule has 0 atom stereocenters. The van der Waals surface area contributed by atoms with E-state index >= 15 is 0 Å². The van der Waals surface area contributed by atoms with Crippen LogP contribution in [0.15, 0.2) is 48.5 Å². The first-order chi connectivity index (χ1) is 13.1. The average molecular weight is 366 g/mol. The molecular weight excluding hydrogens is 340 g/mol. The zero-order valence-electron chi connectivity index (χ0n) is 16.0. The number of carbonyl (C=O) groups is 2. The summed E-state index contributed by atoms with van der Waals surface area (Å²) in [6, 6.07) is 15.0. The second-order valence-corrected chi connectivity index (χ2v) is 6.76. The molecule has 2 aromatic rings. The normalized spacial score (nSPS) is 14.1. The first-order valence-electron chi connectivity index (χ1n) is 9.44. The first kappa shape index (κ1) is 19.0. The van der Waals surface area contributed by atoms with Crippen molar-refractivity contribution in [1.29, 1.82) is 0 Å². The predicted molar refractivity (Wildman–Crippen MR) is 105 cm³/mol. The quantitative estimate of drug-likeness (QED) is 0.816. The molecule has 0 radical (unpaired) electrons. The lowest BCUT2D eigenvalue weighted by Gasteiger charge is -2.35. The van der Waals surface area contributed by atoms with E-state index in [4.69, 9.17) is 4.74 Å². The number of ether oxygens (including phenoxy) is 1. The van der Waals surface area contributed by atoms with Crippen molar-refractivity contribution in [2.45, 2.75) is 19.8 Å². The number of hydrogen-bond donors (Lipinski definition) is 0. The van der Waals surface area contributed by atoms with Gasteiger partial charge in [0.25, 0.3) is 11.8 Å². The molecule has 0 spiro atoms. The van der Waals surface area contributed by atoms with Crippen LogP contribution in [0.4, 0.5) is 0 Å². The second-order valence-electron chi connectivity index (χ2n) is 6.76. The fourth-order valence-corrected chi connectivity index (χ4v) is 3.34. The highest BCUT2D eigenvalue weighted by molar-refractivity contribution is 5.96. The molecule has 0 N–H and O–H groups in total. The molecule has 2 amide bonds. The van der Waals surface area contributed by atoms with E-state index in [1.807, 2.05) is 41.3 Å². The van der Waals surface area contributed by atoms with Crippen LogP contribution in [0.3, 0.4) is 0 Å². The monoisotopic (exact) mass is 366 g/mol. The van der Waals surface area contributed by atoms with Crippen molar-refractivity contribution < 1.29 is 14.3 Å². The molecule has 1 aliphatic rings. The maximum atomic E-state index is 12.7. The largest absolute Gasteiger partial charge is 0.497 e. The molecule has 2 aromatic carbocycles. The maximum absolute atomic E-state index is 12.7.